The quantitative estimate of drug-likeness (QED) is 0.698. The lowest BCUT2D eigenvalue weighted by Gasteiger charge is -2.22. The third-order valence-electron chi connectivity index (χ3n) is 3.41. The molecular formula is C17H18Cl3N. The van der Waals surface area contributed by atoms with Crippen molar-refractivity contribution in [2.24, 2.45) is 0 Å². The van der Waals surface area contributed by atoms with E-state index >= 15 is 0 Å². The molecule has 0 saturated heterocycles. The molecule has 0 aliphatic rings. The molecule has 2 rings (SSSR count). The van der Waals surface area contributed by atoms with Gasteiger partial charge in [-0.1, -0.05) is 66.0 Å². The Kier molecular flexibility index (Phi) is 5.95. The second-order valence-electron chi connectivity index (χ2n) is 5.04. The Morgan fingerprint density at radius 1 is 1.05 bits per heavy atom. The first-order valence-corrected chi connectivity index (χ1v) is 8.11. The molecule has 0 fully saturated rings. The van der Waals surface area contributed by atoms with Crippen molar-refractivity contribution < 1.29 is 0 Å². The molecule has 112 valence electrons. The molecule has 0 aliphatic carbocycles. The number of hydrogen-bond donors (Lipinski definition) is 1. The molecular weight excluding hydrogens is 325 g/mol. The van der Waals surface area contributed by atoms with Gasteiger partial charge in [-0.25, -0.2) is 0 Å². The van der Waals surface area contributed by atoms with Crippen LogP contribution in [-0.2, 0) is 0 Å². The van der Waals surface area contributed by atoms with Crippen molar-refractivity contribution in [1.29, 1.82) is 0 Å². The Bertz CT molecular complexity index is 625. The fourth-order valence-corrected chi connectivity index (χ4v) is 2.82. The smallest absolute Gasteiger partial charge is 0.0595 e. The molecule has 1 atom stereocenters. The van der Waals surface area contributed by atoms with Gasteiger partial charge in [0.25, 0.3) is 0 Å². The summed E-state index contributed by atoms with van der Waals surface area (Å²) in [4.78, 5) is 0. The van der Waals surface area contributed by atoms with Gasteiger partial charge < -0.3 is 5.32 Å². The van der Waals surface area contributed by atoms with E-state index in [1.807, 2.05) is 43.3 Å². The SMILES string of the molecule is CCCNC(c1ccc(Cl)c(Cl)c1)c1cccc(C)c1Cl. The highest BCUT2D eigenvalue weighted by Gasteiger charge is 2.18. The predicted octanol–water partition coefficient (Wildman–Crippen LogP) is 6.04. The summed E-state index contributed by atoms with van der Waals surface area (Å²) < 4.78 is 0. The van der Waals surface area contributed by atoms with Gasteiger partial charge in [0, 0.05) is 5.02 Å². The van der Waals surface area contributed by atoms with Crippen LogP contribution in [0.25, 0.3) is 0 Å². The first-order valence-electron chi connectivity index (χ1n) is 6.98. The highest BCUT2D eigenvalue weighted by atomic mass is 35.5. The summed E-state index contributed by atoms with van der Waals surface area (Å²) in [6.07, 6.45) is 1.04. The number of hydrogen-bond acceptors (Lipinski definition) is 1. The molecule has 0 bridgehead atoms. The van der Waals surface area contributed by atoms with Gasteiger partial charge in [-0.2, -0.15) is 0 Å². The minimum atomic E-state index is 0.00659. The summed E-state index contributed by atoms with van der Waals surface area (Å²) in [5.41, 5.74) is 3.19. The lowest BCUT2D eigenvalue weighted by Crippen LogP contribution is -2.23. The van der Waals surface area contributed by atoms with E-state index in [4.69, 9.17) is 34.8 Å². The fourth-order valence-electron chi connectivity index (χ4n) is 2.28. The van der Waals surface area contributed by atoms with Crippen molar-refractivity contribution in [1.82, 2.24) is 5.32 Å². The van der Waals surface area contributed by atoms with Crippen LogP contribution in [0.4, 0.5) is 0 Å². The summed E-state index contributed by atoms with van der Waals surface area (Å²) in [5.74, 6) is 0. The maximum Gasteiger partial charge on any atom is 0.0595 e. The first-order chi connectivity index (χ1) is 10.0. The van der Waals surface area contributed by atoms with E-state index in [1.54, 1.807) is 0 Å². The topological polar surface area (TPSA) is 12.0 Å². The van der Waals surface area contributed by atoms with Crippen LogP contribution in [0.5, 0.6) is 0 Å². The highest BCUT2D eigenvalue weighted by Crippen LogP contribution is 2.33. The van der Waals surface area contributed by atoms with Gasteiger partial charge in [-0.3, -0.25) is 0 Å². The van der Waals surface area contributed by atoms with Gasteiger partial charge in [0.1, 0.15) is 0 Å². The van der Waals surface area contributed by atoms with Crippen LogP contribution in [0.3, 0.4) is 0 Å². The van der Waals surface area contributed by atoms with Crippen molar-refractivity contribution in [3.05, 3.63) is 68.2 Å². The summed E-state index contributed by atoms with van der Waals surface area (Å²) >= 11 is 18.7. The van der Waals surface area contributed by atoms with E-state index in [0.717, 1.165) is 34.7 Å². The van der Waals surface area contributed by atoms with Gasteiger partial charge in [-0.05, 0) is 48.7 Å². The van der Waals surface area contributed by atoms with Crippen LogP contribution in [0.1, 0.15) is 36.1 Å². The largest absolute Gasteiger partial charge is 0.306 e. The van der Waals surface area contributed by atoms with Gasteiger partial charge in [-0.15, -0.1) is 0 Å². The summed E-state index contributed by atoms with van der Waals surface area (Å²) in [6, 6.07) is 11.8. The Morgan fingerprint density at radius 3 is 2.48 bits per heavy atom. The van der Waals surface area contributed by atoms with Gasteiger partial charge in [0.05, 0.1) is 16.1 Å². The maximum absolute atomic E-state index is 6.49. The number of rotatable bonds is 5. The van der Waals surface area contributed by atoms with Gasteiger partial charge >= 0.3 is 0 Å². The van der Waals surface area contributed by atoms with Gasteiger partial charge in [0.2, 0.25) is 0 Å². The summed E-state index contributed by atoms with van der Waals surface area (Å²) in [6.45, 7) is 5.05. The van der Waals surface area contributed by atoms with E-state index in [-0.39, 0.29) is 6.04 Å². The highest BCUT2D eigenvalue weighted by molar-refractivity contribution is 6.42. The summed E-state index contributed by atoms with van der Waals surface area (Å²) in [5, 5.41) is 5.44. The lowest BCUT2D eigenvalue weighted by molar-refractivity contribution is 0.598. The molecule has 0 saturated carbocycles. The molecule has 21 heavy (non-hydrogen) atoms. The molecule has 0 aromatic heterocycles. The minimum absolute atomic E-state index is 0.00659. The fraction of sp³-hybridized carbons (Fsp3) is 0.294. The number of benzene rings is 2. The molecule has 1 N–H and O–H groups in total. The third-order valence-corrected chi connectivity index (χ3v) is 4.66. The molecule has 1 unspecified atom stereocenters. The van der Waals surface area contributed by atoms with Gasteiger partial charge in [0.15, 0.2) is 0 Å². The zero-order valence-corrected chi connectivity index (χ0v) is 14.4. The average Bonchev–Trinajstić information content (AvgIpc) is 2.47. The van der Waals surface area contributed by atoms with E-state index < -0.39 is 0 Å². The molecule has 0 amide bonds. The minimum Gasteiger partial charge on any atom is -0.306 e. The second kappa shape index (κ2) is 7.51. The molecule has 1 nitrogen and oxygen atoms in total. The van der Waals surface area contributed by atoms with Crippen LogP contribution in [0.2, 0.25) is 15.1 Å². The van der Waals surface area contributed by atoms with Crippen molar-refractivity contribution in [3.63, 3.8) is 0 Å². The lowest BCUT2D eigenvalue weighted by atomic mass is 9.97. The van der Waals surface area contributed by atoms with Crippen LogP contribution in [0.15, 0.2) is 36.4 Å². The first kappa shape index (κ1) is 16.6. The standard InChI is InChI=1S/C17H18Cl3N/c1-3-9-21-17(12-7-8-14(18)15(19)10-12)13-6-4-5-11(2)16(13)20/h4-8,10,17,21H,3,9H2,1-2H3. The number of nitrogens with one attached hydrogen (secondary N) is 1. The Hall–Kier alpha value is -0.730. The molecule has 2 aromatic rings. The molecule has 0 aliphatic heterocycles. The Labute approximate surface area is 141 Å². The van der Waals surface area contributed by atoms with Crippen LogP contribution in [0, 0.1) is 6.92 Å². The number of halogens is 3. The van der Waals surface area contributed by atoms with E-state index in [9.17, 15) is 0 Å². The number of aryl methyl sites for hydroxylation is 1. The van der Waals surface area contributed by atoms with E-state index in [2.05, 4.69) is 12.2 Å². The zero-order valence-electron chi connectivity index (χ0n) is 12.1. The van der Waals surface area contributed by atoms with Crippen LogP contribution >= 0.6 is 34.8 Å². The Morgan fingerprint density at radius 2 is 1.81 bits per heavy atom. The molecule has 0 heterocycles. The van der Waals surface area contributed by atoms with Crippen molar-refractivity contribution >= 4 is 34.8 Å². The normalized spacial score (nSPS) is 12.4. The average molecular weight is 343 g/mol. The predicted molar refractivity (Wildman–Crippen MR) is 92.8 cm³/mol. The van der Waals surface area contributed by atoms with Crippen molar-refractivity contribution in [2.45, 2.75) is 26.3 Å². The Balaban J connectivity index is 2.47. The molecule has 4 heteroatoms. The zero-order chi connectivity index (χ0) is 15.4. The third kappa shape index (κ3) is 3.92. The summed E-state index contributed by atoms with van der Waals surface area (Å²) in [7, 11) is 0. The van der Waals surface area contributed by atoms with E-state index in [0.29, 0.717) is 10.0 Å². The van der Waals surface area contributed by atoms with E-state index in [1.165, 1.54) is 0 Å². The van der Waals surface area contributed by atoms with Crippen molar-refractivity contribution in [2.75, 3.05) is 6.54 Å². The molecule has 0 spiro atoms. The monoisotopic (exact) mass is 341 g/mol. The van der Waals surface area contributed by atoms with Crippen LogP contribution < -0.4 is 5.32 Å². The molecule has 0 radical (unpaired) electrons. The maximum atomic E-state index is 6.49. The second-order valence-corrected chi connectivity index (χ2v) is 6.23. The molecule has 2 aromatic carbocycles. The van der Waals surface area contributed by atoms with Crippen LogP contribution in [-0.4, -0.2) is 6.54 Å². The van der Waals surface area contributed by atoms with Crippen molar-refractivity contribution in [3.8, 4) is 0 Å².